The Morgan fingerprint density at radius 1 is 1.60 bits per heavy atom. The number of nitrogens with one attached hydrogen (secondary N) is 2. The van der Waals surface area contributed by atoms with Crippen molar-refractivity contribution in [2.24, 2.45) is 5.92 Å². The summed E-state index contributed by atoms with van der Waals surface area (Å²) in [6, 6.07) is 2.03. The van der Waals surface area contributed by atoms with Gasteiger partial charge in [-0.15, -0.1) is 0 Å². The molecule has 15 heavy (non-hydrogen) atoms. The highest BCUT2D eigenvalue weighted by Crippen LogP contribution is 2.15. The van der Waals surface area contributed by atoms with Crippen molar-refractivity contribution in [3.8, 4) is 6.07 Å². The molecule has 1 unspecified atom stereocenters. The Balaban J connectivity index is 2.20. The smallest absolute Gasteiger partial charge is 0.220 e. The largest absolute Gasteiger partial charge is 0.353 e. The maximum atomic E-state index is 11.6. The Kier molecular flexibility index (Phi) is 5.13. The van der Waals surface area contributed by atoms with Gasteiger partial charge in [-0.05, 0) is 38.8 Å². The van der Waals surface area contributed by atoms with Crippen molar-refractivity contribution in [1.29, 1.82) is 5.26 Å². The number of rotatable bonds is 4. The lowest BCUT2D eigenvalue weighted by Gasteiger charge is -2.22. The fourth-order valence-corrected chi connectivity index (χ4v) is 1.87. The summed E-state index contributed by atoms with van der Waals surface area (Å²) in [4.78, 5) is 11.6. The zero-order valence-electron chi connectivity index (χ0n) is 9.25. The van der Waals surface area contributed by atoms with Crippen LogP contribution in [0.3, 0.4) is 0 Å². The summed E-state index contributed by atoms with van der Waals surface area (Å²) in [7, 11) is 0. The predicted octanol–water partition coefficient (Wildman–Crippen LogP) is 0.794. The molecule has 1 rings (SSSR count). The fraction of sp³-hybridized carbons (Fsp3) is 0.818. The highest BCUT2D eigenvalue weighted by molar-refractivity contribution is 5.76. The number of nitrogens with zero attached hydrogens (tertiary/aromatic N) is 1. The van der Waals surface area contributed by atoms with Crippen LogP contribution in [0, 0.1) is 17.2 Å². The molecular weight excluding hydrogens is 190 g/mol. The van der Waals surface area contributed by atoms with Crippen LogP contribution in [-0.4, -0.2) is 25.0 Å². The minimum absolute atomic E-state index is 0.0239. The third-order valence-electron chi connectivity index (χ3n) is 2.74. The van der Waals surface area contributed by atoms with E-state index in [1.54, 1.807) is 0 Å². The van der Waals surface area contributed by atoms with E-state index in [0.29, 0.717) is 18.8 Å². The lowest BCUT2D eigenvalue weighted by molar-refractivity contribution is -0.122. The van der Waals surface area contributed by atoms with E-state index in [1.165, 1.54) is 0 Å². The maximum Gasteiger partial charge on any atom is 0.220 e. The van der Waals surface area contributed by atoms with Crippen molar-refractivity contribution in [3.63, 3.8) is 0 Å². The van der Waals surface area contributed by atoms with Gasteiger partial charge in [0.15, 0.2) is 0 Å². The van der Waals surface area contributed by atoms with Crippen molar-refractivity contribution in [2.45, 2.75) is 38.6 Å². The quantitative estimate of drug-likeness (QED) is 0.719. The Bertz CT molecular complexity index is 241. The number of hydrogen-bond donors (Lipinski definition) is 2. The van der Waals surface area contributed by atoms with Crippen LogP contribution in [0.2, 0.25) is 0 Å². The van der Waals surface area contributed by atoms with Crippen LogP contribution >= 0.6 is 0 Å². The van der Waals surface area contributed by atoms with E-state index in [9.17, 15) is 4.79 Å². The lowest BCUT2D eigenvalue weighted by Crippen LogP contribution is -2.36. The van der Waals surface area contributed by atoms with Crippen molar-refractivity contribution >= 4 is 5.91 Å². The van der Waals surface area contributed by atoms with Crippen LogP contribution in [0.5, 0.6) is 0 Å². The van der Waals surface area contributed by atoms with E-state index in [0.717, 1.165) is 25.9 Å². The maximum absolute atomic E-state index is 11.6. The van der Waals surface area contributed by atoms with Gasteiger partial charge in [-0.25, -0.2) is 0 Å². The first kappa shape index (κ1) is 12.0. The van der Waals surface area contributed by atoms with Crippen LogP contribution in [0.15, 0.2) is 0 Å². The summed E-state index contributed by atoms with van der Waals surface area (Å²) in [5.74, 6) is 0.602. The second kappa shape index (κ2) is 6.41. The average Bonchev–Trinajstić information content (AvgIpc) is 2.19. The lowest BCUT2D eigenvalue weighted by atomic mass is 9.94. The Morgan fingerprint density at radius 2 is 2.27 bits per heavy atom. The fourth-order valence-electron chi connectivity index (χ4n) is 1.87. The standard InChI is InChI=1S/C11H19N3O/c1-9(2-5-12)14-11(15)8-10-3-6-13-7-4-10/h9-10,13H,2-4,6-8H2,1H3,(H,14,15). The molecular formula is C11H19N3O. The second-order valence-corrected chi connectivity index (χ2v) is 4.23. The molecule has 1 saturated heterocycles. The van der Waals surface area contributed by atoms with E-state index in [2.05, 4.69) is 16.7 Å². The van der Waals surface area contributed by atoms with Crippen LogP contribution in [0.1, 0.15) is 32.6 Å². The van der Waals surface area contributed by atoms with Gasteiger partial charge in [0.2, 0.25) is 5.91 Å². The molecule has 0 aromatic heterocycles. The molecule has 0 bridgehead atoms. The highest BCUT2D eigenvalue weighted by Gasteiger charge is 2.17. The first-order chi connectivity index (χ1) is 7.22. The highest BCUT2D eigenvalue weighted by atomic mass is 16.1. The van der Waals surface area contributed by atoms with Crippen LogP contribution in [0.25, 0.3) is 0 Å². The molecule has 0 aromatic carbocycles. The number of carbonyl (C=O) groups excluding carboxylic acids is 1. The molecule has 0 radical (unpaired) electrons. The monoisotopic (exact) mass is 209 g/mol. The average molecular weight is 209 g/mol. The molecule has 4 heteroatoms. The third kappa shape index (κ3) is 4.80. The molecule has 1 atom stereocenters. The number of piperidine rings is 1. The van der Waals surface area contributed by atoms with Gasteiger partial charge >= 0.3 is 0 Å². The Labute approximate surface area is 91.0 Å². The molecule has 1 heterocycles. The third-order valence-corrected chi connectivity index (χ3v) is 2.74. The van der Waals surface area contributed by atoms with Gasteiger partial charge in [0, 0.05) is 12.5 Å². The summed E-state index contributed by atoms with van der Waals surface area (Å²) in [5, 5.41) is 14.6. The summed E-state index contributed by atoms with van der Waals surface area (Å²) in [6.07, 6.45) is 3.16. The van der Waals surface area contributed by atoms with Crippen molar-refractivity contribution < 1.29 is 4.79 Å². The van der Waals surface area contributed by atoms with Crippen LogP contribution < -0.4 is 10.6 Å². The summed E-state index contributed by atoms with van der Waals surface area (Å²) in [6.45, 7) is 3.90. The van der Waals surface area contributed by atoms with E-state index in [4.69, 9.17) is 5.26 Å². The van der Waals surface area contributed by atoms with Crippen molar-refractivity contribution in [3.05, 3.63) is 0 Å². The van der Waals surface area contributed by atoms with E-state index in [1.807, 2.05) is 6.92 Å². The number of hydrogen-bond acceptors (Lipinski definition) is 3. The van der Waals surface area contributed by atoms with Gasteiger partial charge in [-0.1, -0.05) is 0 Å². The summed E-state index contributed by atoms with van der Waals surface area (Å²) in [5.41, 5.74) is 0. The van der Waals surface area contributed by atoms with Crippen molar-refractivity contribution in [2.75, 3.05) is 13.1 Å². The predicted molar refractivity (Wildman–Crippen MR) is 58.0 cm³/mol. The van der Waals surface area contributed by atoms with Gasteiger partial charge in [0.1, 0.15) is 0 Å². The van der Waals surface area contributed by atoms with Crippen LogP contribution in [-0.2, 0) is 4.79 Å². The molecule has 1 fully saturated rings. The van der Waals surface area contributed by atoms with Gasteiger partial charge in [0.25, 0.3) is 0 Å². The summed E-state index contributed by atoms with van der Waals surface area (Å²) >= 11 is 0. The molecule has 84 valence electrons. The van der Waals surface area contributed by atoms with Gasteiger partial charge in [-0.3, -0.25) is 4.79 Å². The second-order valence-electron chi connectivity index (χ2n) is 4.23. The first-order valence-corrected chi connectivity index (χ1v) is 5.59. The molecule has 1 aliphatic heterocycles. The summed E-state index contributed by atoms with van der Waals surface area (Å²) < 4.78 is 0. The first-order valence-electron chi connectivity index (χ1n) is 5.59. The molecule has 0 spiro atoms. The van der Waals surface area contributed by atoms with E-state index < -0.39 is 0 Å². The minimum atomic E-state index is -0.0239. The van der Waals surface area contributed by atoms with Crippen molar-refractivity contribution in [1.82, 2.24) is 10.6 Å². The topological polar surface area (TPSA) is 64.9 Å². The molecule has 1 amide bonds. The molecule has 2 N–H and O–H groups in total. The number of carbonyl (C=O) groups is 1. The Morgan fingerprint density at radius 3 is 2.87 bits per heavy atom. The van der Waals surface area contributed by atoms with Gasteiger partial charge in [-0.2, -0.15) is 5.26 Å². The number of amides is 1. The number of nitriles is 1. The molecule has 0 aromatic rings. The normalized spacial score (nSPS) is 19.2. The van der Waals surface area contributed by atoms with Crippen LogP contribution in [0.4, 0.5) is 0 Å². The molecule has 4 nitrogen and oxygen atoms in total. The minimum Gasteiger partial charge on any atom is -0.353 e. The van der Waals surface area contributed by atoms with Gasteiger partial charge in [0.05, 0.1) is 12.5 Å². The molecule has 0 saturated carbocycles. The SMILES string of the molecule is CC(CC#N)NC(=O)CC1CCNCC1. The van der Waals surface area contributed by atoms with E-state index >= 15 is 0 Å². The molecule has 1 aliphatic rings. The Hall–Kier alpha value is -1.08. The van der Waals surface area contributed by atoms with E-state index in [-0.39, 0.29) is 11.9 Å². The zero-order valence-corrected chi connectivity index (χ0v) is 9.25. The zero-order chi connectivity index (χ0) is 11.1. The van der Waals surface area contributed by atoms with Gasteiger partial charge < -0.3 is 10.6 Å². The molecule has 0 aliphatic carbocycles.